The molecule has 2 heteroatoms. The largest absolute Gasteiger partial charge is 0.384 e. The first-order valence-corrected chi connectivity index (χ1v) is 6.96. The maximum atomic E-state index is 3.68. The Morgan fingerprint density at radius 2 is 2.35 bits per heavy atom. The molecule has 0 amide bonds. The lowest BCUT2D eigenvalue weighted by molar-refractivity contribution is 0.599. The van der Waals surface area contributed by atoms with E-state index in [0.29, 0.717) is 0 Å². The maximum Gasteiger partial charge on any atom is 0.0373 e. The van der Waals surface area contributed by atoms with Crippen molar-refractivity contribution >= 4 is 5.69 Å². The second kappa shape index (κ2) is 4.69. The van der Waals surface area contributed by atoms with Crippen molar-refractivity contribution in [3.8, 4) is 0 Å². The Hall–Kier alpha value is -1.02. The summed E-state index contributed by atoms with van der Waals surface area (Å²) in [5.41, 5.74) is 4.27. The van der Waals surface area contributed by atoms with Gasteiger partial charge in [0, 0.05) is 24.8 Å². The van der Waals surface area contributed by atoms with Gasteiger partial charge in [-0.2, -0.15) is 0 Å². The first-order valence-electron chi connectivity index (χ1n) is 6.96. The molecule has 2 atom stereocenters. The molecule has 1 aromatic rings. The summed E-state index contributed by atoms with van der Waals surface area (Å²) < 4.78 is 0. The van der Waals surface area contributed by atoms with Gasteiger partial charge < -0.3 is 10.6 Å². The third-order valence-corrected chi connectivity index (χ3v) is 4.03. The molecule has 2 N–H and O–H groups in total. The molecule has 2 nitrogen and oxygen atoms in total. The van der Waals surface area contributed by atoms with Crippen molar-refractivity contribution in [3.05, 3.63) is 29.3 Å². The molecular formula is C15H22N2. The van der Waals surface area contributed by atoms with Crippen molar-refractivity contribution in [2.24, 2.45) is 5.92 Å². The van der Waals surface area contributed by atoms with Crippen LogP contribution in [0.15, 0.2) is 18.2 Å². The van der Waals surface area contributed by atoms with Gasteiger partial charge in [0.15, 0.2) is 0 Å². The molecule has 0 radical (unpaired) electrons. The van der Waals surface area contributed by atoms with Gasteiger partial charge in [-0.15, -0.1) is 0 Å². The lowest BCUT2D eigenvalue weighted by Crippen LogP contribution is -2.17. The third kappa shape index (κ3) is 2.47. The molecule has 1 aliphatic carbocycles. The molecule has 2 unspecified atom stereocenters. The molecule has 0 bridgehead atoms. The molecule has 1 fully saturated rings. The first-order chi connectivity index (χ1) is 8.36. The Morgan fingerprint density at radius 3 is 3.24 bits per heavy atom. The van der Waals surface area contributed by atoms with Crippen molar-refractivity contribution in [1.29, 1.82) is 0 Å². The van der Waals surface area contributed by atoms with Gasteiger partial charge in [0.1, 0.15) is 0 Å². The number of hydrogen-bond donors (Lipinski definition) is 2. The number of anilines is 1. The smallest absolute Gasteiger partial charge is 0.0373 e. The van der Waals surface area contributed by atoms with Gasteiger partial charge in [0.25, 0.3) is 0 Å². The van der Waals surface area contributed by atoms with Crippen LogP contribution in [0.5, 0.6) is 0 Å². The highest BCUT2D eigenvalue weighted by atomic mass is 15.0. The van der Waals surface area contributed by atoms with Crippen LogP contribution in [-0.2, 0) is 13.0 Å². The van der Waals surface area contributed by atoms with E-state index in [9.17, 15) is 0 Å². The normalized spacial score (nSPS) is 25.5. The Morgan fingerprint density at radius 1 is 1.41 bits per heavy atom. The fraction of sp³-hybridized carbons (Fsp3) is 0.600. The minimum atomic E-state index is 0.793. The van der Waals surface area contributed by atoms with Crippen LogP contribution < -0.4 is 10.6 Å². The van der Waals surface area contributed by atoms with E-state index in [4.69, 9.17) is 0 Å². The SMILES string of the molecule is CCCC1CC1NCc1ccc2c(c1)CCN2. The van der Waals surface area contributed by atoms with Crippen LogP contribution in [0.4, 0.5) is 5.69 Å². The van der Waals surface area contributed by atoms with Crippen LogP contribution >= 0.6 is 0 Å². The van der Waals surface area contributed by atoms with Gasteiger partial charge in [-0.1, -0.05) is 25.5 Å². The van der Waals surface area contributed by atoms with E-state index in [1.807, 2.05) is 0 Å². The number of fused-ring (bicyclic) bond motifs is 1. The lowest BCUT2D eigenvalue weighted by Gasteiger charge is -2.06. The van der Waals surface area contributed by atoms with Crippen LogP contribution in [0.25, 0.3) is 0 Å². The minimum Gasteiger partial charge on any atom is -0.384 e. The molecule has 1 saturated carbocycles. The fourth-order valence-electron chi connectivity index (χ4n) is 2.90. The van der Waals surface area contributed by atoms with Gasteiger partial charge in [-0.05, 0) is 42.4 Å². The summed E-state index contributed by atoms with van der Waals surface area (Å²) in [6.07, 6.45) is 5.30. The van der Waals surface area contributed by atoms with Crippen LogP contribution in [0, 0.1) is 5.92 Å². The Kier molecular flexibility index (Phi) is 3.06. The number of nitrogens with one attached hydrogen (secondary N) is 2. The lowest BCUT2D eigenvalue weighted by atomic mass is 10.1. The monoisotopic (exact) mass is 230 g/mol. The summed E-state index contributed by atoms with van der Waals surface area (Å²) in [6.45, 7) is 4.43. The number of rotatable bonds is 5. The molecule has 1 heterocycles. The van der Waals surface area contributed by atoms with Gasteiger partial charge in [-0.3, -0.25) is 0 Å². The van der Waals surface area contributed by atoms with Crippen LogP contribution in [0.2, 0.25) is 0 Å². The van der Waals surface area contributed by atoms with Gasteiger partial charge in [0.05, 0.1) is 0 Å². The Labute approximate surface area is 104 Å². The van der Waals surface area contributed by atoms with Crippen molar-refractivity contribution in [2.75, 3.05) is 11.9 Å². The van der Waals surface area contributed by atoms with E-state index < -0.39 is 0 Å². The first kappa shape index (κ1) is 11.1. The molecule has 0 saturated heterocycles. The van der Waals surface area contributed by atoms with Crippen molar-refractivity contribution in [2.45, 2.75) is 45.2 Å². The van der Waals surface area contributed by atoms with E-state index >= 15 is 0 Å². The maximum absolute atomic E-state index is 3.68. The minimum absolute atomic E-state index is 0.793. The molecular weight excluding hydrogens is 208 g/mol. The third-order valence-electron chi connectivity index (χ3n) is 4.03. The summed E-state index contributed by atoms with van der Waals surface area (Å²) in [7, 11) is 0. The van der Waals surface area contributed by atoms with E-state index in [-0.39, 0.29) is 0 Å². The van der Waals surface area contributed by atoms with Crippen molar-refractivity contribution < 1.29 is 0 Å². The molecule has 1 aliphatic heterocycles. The van der Waals surface area contributed by atoms with E-state index in [1.54, 1.807) is 0 Å². The van der Waals surface area contributed by atoms with Crippen molar-refractivity contribution in [3.63, 3.8) is 0 Å². The quantitative estimate of drug-likeness (QED) is 0.812. The van der Waals surface area contributed by atoms with E-state index in [1.165, 1.54) is 42.5 Å². The molecule has 3 rings (SSSR count). The average molecular weight is 230 g/mol. The van der Waals surface area contributed by atoms with Gasteiger partial charge in [-0.25, -0.2) is 0 Å². The highest BCUT2D eigenvalue weighted by molar-refractivity contribution is 5.56. The van der Waals surface area contributed by atoms with Gasteiger partial charge >= 0.3 is 0 Å². The zero-order chi connectivity index (χ0) is 11.7. The van der Waals surface area contributed by atoms with Gasteiger partial charge in [0.2, 0.25) is 0 Å². The molecule has 0 aromatic heterocycles. The van der Waals surface area contributed by atoms with Crippen molar-refractivity contribution in [1.82, 2.24) is 5.32 Å². The molecule has 2 aliphatic rings. The molecule has 0 spiro atoms. The molecule has 92 valence electrons. The molecule has 17 heavy (non-hydrogen) atoms. The van der Waals surface area contributed by atoms with E-state index in [0.717, 1.165) is 25.0 Å². The topological polar surface area (TPSA) is 24.1 Å². The van der Waals surface area contributed by atoms with Crippen LogP contribution in [0.3, 0.4) is 0 Å². The number of benzene rings is 1. The summed E-state index contributed by atoms with van der Waals surface area (Å²) in [5, 5.41) is 7.09. The molecule has 1 aromatic carbocycles. The summed E-state index contributed by atoms with van der Waals surface area (Å²) in [4.78, 5) is 0. The fourth-order valence-corrected chi connectivity index (χ4v) is 2.90. The predicted octanol–water partition coefficient (Wildman–Crippen LogP) is 2.93. The summed E-state index contributed by atoms with van der Waals surface area (Å²) in [6, 6.07) is 7.64. The Bertz CT molecular complexity index is 400. The second-order valence-corrected chi connectivity index (χ2v) is 5.44. The van der Waals surface area contributed by atoms with Crippen LogP contribution in [-0.4, -0.2) is 12.6 Å². The number of hydrogen-bond acceptors (Lipinski definition) is 2. The van der Waals surface area contributed by atoms with E-state index in [2.05, 4.69) is 35.8 Å². The average Bonchev–Trinajstić information content (AvgIpc) is 2.91. The highest BCUT2D eigenvalue weighted by Gasteiger charge is 2.35. The standard InChI is InChI=1S/C15H22N2/c1-2-3-12-9-15(12)17-10-11-4-5-14-13(8-11)6-7-16-14/h4-5,8,12,15-17H,2-3,6-7,9-10H2,1H3. The zero-order valence-electron chi connectivity index (χ0n) is 10.6. The van der Waals surface area contributed by atoms with Crippen LogP contribution in [0.1, 0.15) is 37.3 Å². The summed E-state index contributed by atoms with van der Waals surface area (Å²) in [5.74, 6) is 0.955. The predicted molar refractivity (Wildman–Crippen MR) is 72.3 cm³/mol. The zero-order valence-corrected chi connectivity index (χ0v) is 10.6. The second-order valence-electron chi connectivity index (χ2n) is 5.44. The summed E-state index contributed by atoms with van der Waals surface area (Å²) >= 11 is 0. The highest BCUT2D eigenvalue weighted by Crippen LogP contribution is 2.34. The Balaban J connectivity index is 1.52.